The molecule has 1 unspecified atom stereocenters. The first-order chi connectivity index (χ1) is 8.71. The molecular formula is C15H19N3. The first-order valence-electron chi connectivity index (χ1n) is 6.96. The van der Waals surface area contributed by atoms with Gasteiger partial charge in [0.15, 0.2) is 0 Å². The molecule has 1 aromatic carbocycles. The predicted octanol–water partition coefficient (Wildman–Crippen LogP) is 2.36. The van der Waals surface area contributed by atoms with Crippen LogP contribution in [-0.4, -0.2) is 15.6 Å². The lowest BCUT2D eigenvalue weighted by Crippen LogP contribution is -2.31. The van der Waals surface area contributed by atoms with Gasteiger partial charge in [0, 0.05) is 24.4 Å². The van der Waals surface area contributed by atoms with Crippen LogP contribution in [0.25, 0.3) is 11.0 Å². The number of aromatic nitrogens is 2. The van der Waals surface area contributed by atoms with Gasteiger partial charge >= 0.3 is 0 Å². The fourth-order valence-electron chi connectivity index (χ4n) is 3.46. The molecule has 2 N–H and O–H groups in total. The molecular weight excluding hydrogens is 222 g/mol. The molecule has 0 bridgehead atoms. The number of imidazole rings is 1. The summed E-state index contributed by atoms with van der Waals surface area (Å²) in [6, 6.07) is 7.00. The fourth-order valence-corrected chi connectivity index (χ4v) is 3.46. The van der Waals surface area contributed by atoms with Crippen molar-refractivity contribution in [2.45, 2.75) is 50.6 Å². The van der Waals surface area contributed by atoms with Crippen molar-refractivity contribution < 1.29 is 0 Å². The standard InChI is InChI=1S/C15H19N3/c1-10(16)15(6-7-15)11-4-5-12-13(9-11)18-8-2-3-14(18)17-12/h4-5,9-10H,2-3,6-8,16H2,1H3. The molecule has 4 rings (SSSR count). The van der Waals surface area contributed by atoms with Crippen molar-refractivity contribution in [2.75, 3.05) is 0 Å². The minimum Gasteiger partial charge on any atom is -0.328 e. The number of aryl methyl sites for hydroxylation is 2. The molecule has 1 fully saturated rings. The summed E-state index contributed by atoms with van der Waals surface area (Å²) in [4.78, 5) is 4.71. The zero-order valence-corrected chi connectivity index (χ0v) is 10.8. The zero-order valence-electron chi connectivity index (χ0n) is 10.8. The van der Waals surface area contributed by atoms with Crippen LogP contribution < -0.4 is 5.73 Å². The van der Waals surface area contributed by atoms with Gasteiger partial charge in [0.2, 0.25) is 0 Å². The van der Waals surface area contributed by atoms with Gasteiger partial charge in [0.05, 0.1) is 11.0 Å². The Balaban J connectivity index is 1.89. The van der Waals surface area contributed by atoms with Crippen molar-refractivity contribution in [1.29, 1.82) is 0 Å². The summed E-state index contributed by atoms with van der Waals surface area (Å²) in [5.41, 5.74) is 10.3. The van der Waals surface area contributed by atoms with Gasteiger partial charge in [-0.05, 0) is 43.9 Å². The lowest BCUT2D eigenvalue weighted by atomic mass is 9.89. The highest BCUT2D eigenvalue weighted by Crippen LogP contribution is 2.50. The highest BCUT2D eigenvalue weighted by atomic mass is 15.1. The Labute approximate surface area is 107 Å². The van der Waals surface area contributed by atoms with Crippen LogP contribution in [0.5, 0.6) is 0 Å². The van der Waals surface area contributed by atoms with Gasteiger partial charge in [-0.15, -0.1) is 0 Å². The second-order valence-electron chi connectivity index (χ2n) is 5.93. The first-order valence-corrected chi connectivity index (χ1v) is 6.96. The van der Waals surface area contributed by atoms with E-state index in [1.54, 1.807) is 0 Å². The SMILES string of the molecule is CC(N)C1(c2ccc3nc4n(c3c2)CCC4)CC1. The molecule has 0 spiro atoms. The van der Waals surface area contributed by atoms with E-state index >= 15 is 0 Å². The van der Waals surface area contributed by atoms with E-state index < -0.39 is 0 Å². The van der Waals surface area contributed by atoms with Gasteiger partial charge in [-0.1, -0.05) is 6.07 Å². The number of hydrogen-bond donors (Lipinski definition) is 1. The predicted molar refractivity (Wildman–Crippen MR) is 72.6 cm³/mol. The van der Waals surface area contributed by atoms with E-state index in [1.807, 2.05) is 0 Å². The number of rotatable bonds is 2. The molecule has 3 heteroatoms. The summed E-state index contributed by atoms with van der Waals surface area (Å²) >= 11 is 0. The molecule has 0 amide bonds. The Morgan fingerprint density at radius 2 is 2.22 bits per heavy atom. The third-order valence-electron chi connectivity index (χ3n) is 4.84. The second-order valence-corrected chi connectivity index (χ2v) is 5.93. The molecule has 1 aliphatic heterocycles. The van der Waals surface area contributed by atoms with Crippen molar-refractivity contribution >= 4 is 11.0 Å². The minimum absolute atomic E-state index is 0.246. The third kappa shape index (κ3) is 1.25. The third-order valence-corrected chi connectivity index (χ3v) is 4.84. The molecule has 3 nitrogen and oxygen atoms in total. The summed E-state index contributed by atoms with van der Waals surface area (Å²) in [5.74, 6) is 1.26. The molecule has 1 atom stereocenters. The highest BCUT2D eigenvalue weighted by molar-refractivity contribution is 5.78. The number of hydrogen-bond acceptors (Lipinski definition) is 2. The Morgan fingerprint density at radius 3 is 2.94 bits per heavy atom. The Morgan fingerprint density at radius 1 is 1.39 bits per heavy atom. The van der Waals surface area contributed by atoms with Crippen LogP contribution >= 0.6 is 0 Å². The Hall–Kier alpha value is -1.35. The summed E-state index contributed by atoms with van der Waals surface area (Å²) in [5, 5.41) is 0. The second kappa shape index (κ2) is 3.35. The van der Waals surface area contributed by atoms with Crippen LogP contribution in [0.3, 0.4) is 0 Å². The van der Waals surface area contributed by atoms with E-state index in [9.17, 15) is 0 Å². The number of benzene rings is 1. The van der Waals surface area contributed by atoms with Crippen LogP contribution in [-0.2, 0) is 18.4 Å². The molecule has 94 valence electrons. The lowest BCUT2D eigenvalue weighted by molar-refractivity contribution is 0.557. The normalized spacial score (nSPS) is 22.1. The average molecular weight is 241 g/mol. The largest absolute Gasteiger partial charge is 0.328 e. The Kier molecular flexibility index (Phi) is 1.97. The van der Waals surface area contributed by atoms with E-state index in [0.717, 1.165) is 18.5 Å². The van der Waals surface area contributed by atoms with Crippen LogP contribution in [0.15, 0.2) is 18.2 Å². The maximum Gasteiger partial charge on any atom is 0.109 e. The van der Waals surface area contributed by atoms with Gasteiger partial charge < -0.3 is 10.3 Å². The molecule has 0 saturated heterocycles. The number of fused-ring (bicyclic) bond motifs is 3. The number of nitrogens with two attached hydrogens (primary N) is 1. The van der Waals surface area contributed by atoms with E-state index in [4.69, 9.17) is 10.7 Å². The smallest absolute Gasteiger partial charge is 0.109 e. The van der Waals surface area contributed by atoms with Gasteiger partial charge in [0.25, 0.3) is 0 Å². The minimum atomic E-state index is 0.246. The Bertz CT molecular complexity index is 620. The van der Waals surface area contributed by atoms with Gasteiger partial charge in [-0.25, -0.2) is 4.98 Å². The summed E-state index contributed by atoms with van der Waals surface area (Å²) in [7, 11) is 0. The van der Waals surface area contributed by atoms with Crippen LogP contribution in [0.2, 0.25) is 0 Å². The first kappa shape index (κ1) is 10.6. The summed E-state index contributed by atoms with van der Waals surface area (Å²) < 4.78 is 2.39. The zero-order chi connectivity index (χ0) is 12.3. The van der Waals surface area contributed by atoms with E-state index in [-0.39, 0.29) is 11.5 Å². The summed E-state index contributed by atoms with van der Waals surface area (Å²) in [6.45, 7) is 3.26. The fraction of sp³-hybridized carbons (Fsp3) is 0.533. The van der Waals surface area contributed by atoms with E-state index in [0.29, 0.717) is 0 Å². The lowest BCUT2D eigenvalue weighted by Gasteiger charge is -2.20. The quantitative estimate of drug-likeness (QED) is 0.877. The van der Waals surface area contributed by atoms with Crippen LogP contribution in [0, 0.1) is 0 Å². The topological polar surface area (TPSA) is 43.8 Å². The van der Waals surface area contributed by atoms with E-state index in [2.05, 4.69) is 29.7 Å². The van der Waals surface area contributed by atoms with Crippen LogP contribution in [0.1, 0.15) is 37.6 Å². The molecule has 1 aromatic heterocycles. The van der Waals surface area contributed by atoms with Crippen molar-refractivity contribution in [3.63, 3.8) is 0 Å². The monoisotopic (exact) mass is 241 g/mol. The van der Waals surface area contributed by atoms with Crippen LogP contribution in [0.4, 0.5) is 0 Å². The maximum absolute atomic E-state index is 6.17. The highest BCUT2D eigenvalue weighted by Gasteiger charge is 2.47. The molecule has 1 saturated carbocycles. The van der Waals surface area contributed by atoms with Gasteiger partial charge in [0.1, 0.15) is 5.82 Å². The molecule has 0 radical (unpaired) electrons. The number of nitrogens with zero attached hydrogens (tertiary/aromatic N) is 2. The summed E-state index contributed by atoms with van der Waals surface area (Å²) in [6.07, 6.45) is 4.83. The molecule has 1 aliphatic carbocycles. The van der Waals surface area contributed by atoms with Crippen molar-refractivity contribution in [3.8, 4) is 0 Å². The molecule has 2 aliphatic rings. The van der Waals surface area contributed by atoms with Gasteiger partial charge in [-0.3, -0.25) is 0 Å². The van der Waals surface area contributed by atoms with Gasteiger partial charge in [-0.2, -0.15) is 0 Å². The molecule has 18 heavy (non-hydrogen) atoms. The maximum atomic E-state index is 6.17. The van der Waals surface area contributed by atoms with Crippen molar-refractivity contribution in [1.82, 2.24) is 9.55 Å². The molecule has 2 aromatic rings. The van der Waals surface area contributed by atoms with Crippen molar-refractivity contribution in [2.24, 2.45) is 5.73 Å². The molecule has 2 heterocycles. The van der Waals surface area contributed by atoms with E-state index in [1.165, 1.54) is 36.2 Å². The van der Waals surface area contributed by atoms with Crippen molar-refractivity contribution in [3.05, 3.63) is 29.6 Å². The average Bonchev–Trinajstić information content (AvgIpc) is 2.92.